The molecule has 0 radical (unpaired) electrons. The maximum absolute atomic E-state index is 12.5. The Morgan fingerprint density at radius 1 is 1.35 bits per heavy atom. The Morgan fingerprint density at radius 2 is 2.19 bits per heavy atom. The van der Waals surface area contributed by atoms with Crippen LogP contribution in [-0.4, -0.2) is 31.7 Å². The van der Waals surface area contributed by atoms with E-state index < -0.39 is 0 Å². The highest BCUT2D eigenvalue weighted by Gasteiger charge is 2.21. The van der Waals surface area contributed by atoms with E-state index in [9.17, 15) is 4.79 Å². The fourth-order valence-corrected chi connectivity index (χ4v) is 3.57. The van der Waals surface area contributed by atoms with Crippen molar-refractivity contribution in [3.8, 4) is 0 Å². The predicted molar refractivity (Wildman–Crippen MR) is 96.8 cm³/mol. The second kappa shape index (κ2) is 7.27. The van der Waals surface area contributed by atoms with Gasteiger partial charge in [-0.3, -0.25) is 9.48 Å². The minimum Gasteiger partial charge on any atom is -0.440 e. The van der Waals surface area contributed by atoms with E-state index in [2.05, 4.69) is 20.4 Å². The van der Waals surface area contributed by atoms with E-state index >= 15 is 0 Å². The molecule has 2 aromatic heterocycles. The summed E-state index contributed by atoms with van der Waals surface area (Å²) in [6.45, 7) is 2.51. The molecule has 1 unspecified atom stereocenters. The molecule has 26 heavy (non-hydrogen) atoms. The van der Waals surface area contributed by atoms with Crippen LogP contribution in [0, 0.1) is 0 Å². The topological polar surface area (TPSA) is 85.8 Å². The van der Waals surface area contributed by atoms with Crippen molar-refractivity contribution in [3.63, 3.8) is 0 Å². The van der Waals surface area contributed by atoms with Crippen LogP contribution in [0.5, 0.6) is 0 Å². The molecule has 1 aliphatic rings. The van der Waals surface area contributed by atoms with Gasteiger partial charge in [-0.2, -0.15) is 5.10 Å². The highest BCUT2D eigenvalue weighted by Crippen LogP contribution is 2.33. The Kier molecular flexibility index (Phi) is 4.69. The first-order chi connectivity index (χ1) is 12.7. The molecule has 4 rings (SSSR count). The second-order valence-electron chi connectivity index (χ2n) is 7.06. The summed E-state index contributed by atoms with van der Waals surface area (Å²) in [6, 6.07) is 5.38. The zero-order valence-corrected chi connectivity index (χ0v) is 14.9. The van der Waals surface area contributed by atoms with E-state index in [4.69, 9.17) is 4.42 Å². The van der Waals surface area contributed by atoms with Crippen LogP contribution in [0.2, 0.25) is 0 Å². The summed E-state index contributed by atoms with van der Waals surface area (Å²) < 4.78 is 7.67. The molecule has 1 atom stereocenters. The van der Waals surface area contributed by atoms with Crippen molar-refractivity contribution in [3.05, 3.63) is 42.3 Å². The van der Waals surface area contributed by atoms with Crippen molar-refractivity contribution in [1.82, 2.24) is 25.1 Å². The molecule has 1 aromatic carbocycles. The third-order valence-electron chi connectivity index (χ3n) is 4.93. The zero-order chi connectivity index (χ0) is 17.9. The van der Waals surface area contributed by atoms with Crippen LogP contribution < -0.4 is 5.32 Å². The Morgan fingerprint density at radius 3 is 2.96 bits per heavy atom. The lowest BCUT2D eigenvalue weighted by molar-refractivity contribution is 0.0936. The number of carbonyl (C=O) groups is 1. The van der Waals surface area contributed by atoms with Gasteiger partial charge in [0, 0.05) is 17.5 Å². The monoisotopic (exact) mass is 353 g/mol. The van der Waals surface area contributed by atoms with Gasteiger partial charge in [-0.1, -0.05) is 19.3 Å². The normalized spacial score (nSPS) is 16.7. The van der Waals surface area contributed by atoms with Gasteiger partial charge in [-0.05, 0) is 38.0 Å². The van der Waals surface area contributed by atoms with Crippen LogP contribution in [0.3, 0.4) is 0 Å². The molecule has 3 aromatic rings. The van der Waals surface area contributed by atoms with Gasteiger partial charge in [0.05, 0.1) is 6.54 Å². The van der Waals surface area contributed by atoms with Crippen LogP contribution >= 0.6 is 0 Å². The van der Waals surface area contributed by atoms with E-state index in [0.29, 0.717) is 23.6 Å². The molecule has 1 aliphatic carbocycles. The summed E-state index contributed by atoms with van der Waals surface area (Å²) in [5, 5.41) is 7.03. The molecule has 1 N–H and O–H groups in total. The summed E-state index contributed by atoms with van der Waals surface area (Å²) >= 11 is 0. The van der Waals surface area contributed by atoms with E-state index in [1.54, 1.807) is 23.1 Å². The number of nitrogens with zero attached hydrogens (tertiary/aromatic N) is 4. The van der Waals surface area contributed by atoms with Gasteiger partial charge in [-0.25, -0.2) is 9.97 Å². The lowest BCUT2D eigenvalue weighted by atomic mass is 9.89. The molecule has 1 fully saturated rings. The van der Waals surface area contributed by atoms with Gasteiger partial charge >= 0.3 is 0 Å². The lowest BCUT2D eigenvalue weighted by Gasteiger charge is -2.17. The molecule has 1 saturated carbocycles. The fourth-order valence-electron chi connectivity index (χ4n) is 3.57. The van der Waals surface area contributed by atoms with E-state index in [-0.39, 0.29) is 11.9 Å². The highest BCUT2D eigenvalue weighted by atomic mass is 16.3. The minimum atomic E-state index is -0.130. The first-order valence-corrected chi connectivity index (χ1v) is 9.23. The molecule has 2 heterocycles. The van der Waals surface area contributed by atoms with Crippen LogP contribution in [0.1, 0.15) is 61.2 Å². The van der Waals surface area contributed by atoms with Crippen molar-refractivity contribution in [2.75, 3.05) is 0 Å². The van der Waals surface area contributed by atoms with E-state index in [1.807, 2.05) is 13.0 Å². The van der Waals surface area contributed by atoms with Gasteiger partial charge in [0.1, 0.15) is 18.2 Å². The third kappa shape index (κ3) is 3.61. The highest BCUT2D eigenvalue weighted by molar-refractivity contribution is 5.97. The molecule has 136 valence electrons. The van der Waals surface area contributed by atoms with Gasteiger partial charge in [0.2, 0.25) is 0 Å². The van der Waals surface area contributed by atoms with Crippen LogP contribution in [0.15, 0.2) is 35.3 Å². The maximum atomic E-state index is 12.5. The van der Waals surface area contributed by atoms with Crippen LogP contribution in [0.25, 0.3) is 11.1 Å². The Labute approximate surface area is 151 Å². The van der Waals surface area contributed by atoms with Gasteiger partial charge in [0.25, 0.3) is 5.91 Å². The number of aromatic nitrogens is 4. The fraction of sp³-hybridized carbons (Fsp3) is 0.474. The number of amides is 1. The Hall–Kier alpha value is -2.70. The predicted octanol–water partition coefficient (Wildman–Crippen LogP) is 3.29. The first kappa shape index (κ1) is 16.8. The number of rotatable bonds is 5. The number of hydrogen-bond acceptors (Lipinski definition) is 5. The summed E-state index contributed by atoms with van der Waals surface area (Å²) in [5.74, 6) is 1.10. The first-order valence-electron chi connectivity index (χ1n) is 9.23. The quantitative estimate of drug-likeness (QED) is 0.761. The van der Waals surface area contributed by atoms with Gasteiger partial charge in [0.15, 0.2) is 11.5 Å². The average molecular weight is 353 g/mol. The smallest absolute Gasteiger partial charge is 0.251 e. The standard InChI is InChI=1S/C19H23N5O2/c1-13(10-24-12-20-11-21-24)22-18(25)15-7-8-16-17(9-15)26-19(23-16)14-5-3-2-4-6-14/h7-9,11-14H,2-6,10H2,1H3,(H,22,25). The molecule has 0 aliphatic heterocycles. The SMILES string of the molecule is CC(Cn1cncn1)NC(=O)c1ccc2nc(C3CCCCC3)oc2c1. The molecule has 1 amide bonds. The van der Waals surface area contributed by atoms with Crippen molar-refractivity contribution in [1.29, 1.82) is 0 Å². The summed E-state index contributed by atoms with van der Waals surface area (Å²) in [7, 11) is 0. The third-order valence-corrected chi connectivity index (χ3v) is 4.93. The molecular formula is C19H23N5O2. The van der Waals surface area contributed by atoms with Crippen molar-refractivity contribution >= 4 is 17.0 Å². The summed E-state index contributed by atoms with van der Waals surface area (Å²) in [4.78, 5) is 21.1. The molecule has 0 spiro atoms. The molecule has 0 bridgehead atoms. The largest absolute Gasteiger partial charge is 0.440 e. The van der Waals surface area contributed by atoms with Crippen molar-refractivity contribution in [2.45, 2.75) is 57.5 Å². The lowest BCUT2D eigenvalue weighted by Crippen LogP contribution is -2.35. The number of carbonyl (C=O) groups excluding carboxylic acids is 1. The summed E-state index contributed by atoms with van der Waals surface area (Å²) in [6.07, 6.45) is 9.17. The number of benzene rings is 1. The van der Waals surface area contributed by atoms with E-state index in [0.717, 1.165) is 24.2 Å². The molecule has 7 heteroatoms. The van der Waals surface area contributed by atoms with Gasteiger partial charge < -0.3 is 9.73 Å². The van der Waals surface area contributed by atoms with Crippen LogP contribution in [0.4, 0.5) is 0 Å². The molecule has 0 saturated heterocycles. The number of oxazole rings is 1. The second-order valence-corrected chi connectivity index (χ2v) is 7.06. The summed E-state index contributed by atoms with van der Waals surface area (Å²) in [5.41, 5.74) is 2.08. The van der Waals surface area contributed by atoms with Crippen molar-refractivity contribution in [2.24, 2.45) is 0 Å². The van der Waals surface area contributed by atoms with Crippen LogP contribution in [-0.2, 0) is 6.54 Å². The molecular weight excluding hydrogens is 330 g/mol. The number of hydrogen-bond donors (Lipinski definition) is 1. The molecule has 7 nitrogen and oxygen atoms in total. The van der Waals surface area contributed by atoms with Gasteiger partial charge in [-0.15, -0.1) is 0 Å². The average Bonchev–Trinajstić information content (AvgIpc) is 3.31. The number of nitrogens with one attached hydrogen (secondary N) is 1. The Balaban J connectivity index is 1.46. The van der Waals surface area contributed by atoms with E-state index in [1.165, 1.54) is 25.6 Å². The zero-order valence-electron chi connectivity index (χ0n) is 14.9. The minimum absolute atomic E-state index is 0.0626. The maximum Gasteiger partial charge on any atom is 0.251 e. The van der Waals surface area contributed by atoms with Crippen molar-refractivity contribution < 1.29 is 9.21 Å². The Bertz CT molecular complexity index is 881. The number of fused-ring (bicyclic) bond motifs is 1.